The predicted octanol–water partition coefficient (Wildman–Crippen LogP) is 27.1. The summed E-state index contributed by atoms with van der Waals surface area (Å²) in [6.07, 6.45) is 0. The highest BCUT2D eigenvalue weighted by Gasteiger charge is 2.33. The first-order chi connectivity index (χ1) is 43.4. The van der Waals surface area contributed by atoms with E-state index in [0.29, 0.717) is 0 Å². The Kier molecular flexibility index (Phi) is 11.5. The molecule has 0 saturated heterocycles. The maximum Gasteiger partial charge on any atom is -0.000696 e. The lowest BCUT2D eigenvalue weighted by Crippen LogP contribution is -2.16. The molecule has 16 aromatic carbocycles. The van der Waals surface area contributed by atoms with E-state index in [2.05, 4.69) is 307 Å². The molecule has 0 unspecified atom stereocenters. The van der Waals surface area contributed by atoms with Crippen molar-refractivity contribution < 1.29 is 0 Å². The minimum Gasteiger partial charge on any atom is -0.0616 e. The highest BCUT2D eigenvalue weighted by molar-refractivity contribution is 6.51. The van der Waals surface area contributed by atoms with Gasteiger partial charge in [0, 0.05) is 0 Å². The molecule has 0 fully saturated rings. The lowest BCUT2D eigenvalue weighted by molar-refractivity contribution is 0.568. The third kappa shape index (κ3) is 8.01. The van der Waals surface area contributed by atoms with Gasteiger partial charge in [-0.1, -0.05) is 288 Å². The van der Waals surface area contributed by atoms with E-state index >= 15 is 0 Å². The third-order valence-electron chi connectivity index (χ3n) is 21.9. The molecule has 17 rings (SSSR count). The largest absolute Gasteiger partial charge is 0.0616 e. The second kappa shape index (κ2) is 18.5. The van der Waals surface area contributed by atoms with E-state index in [1.807, 2.05) is 0 Å². The zero-order valence-corrected chi connectivity index (χ0v) is 57.3. The molecule has 0 aromatic heterocycles. The minimum absolute atomic E-state index is 0.0208. The van der Waals surface area contributed by atoms with Gasteiger partial charge in [-0.05, 0) is 258 Å². The van der Waals surface area contributed by atoms with Gasteiger partial charge >= 0.3 is 0 Å². The summed E-state index contributed by atoms with van der Waals surface area (Å²) in [7, 11) is 0. The zero-order valence-electron chi connectivity index (χ0n) is 57.3. The molecule has 452 valence electrons. The molecule has 0 saturated carbocycles. The van der Waals surface area contributed by atoms with Crippen LogP contribution in [0.2, 0.25) is 0 Å². The number of benzene rings is 14. The zero-order chi connectivity index (χ0) is 64.2. The molecule has 92 heavy (non-hydrogen) atoms. The highest BCUT2D eigenvalue weighted by atomic mass is 14.4. The molecule has 0 heteroatoms. The summed E-state index contributed by atoms with van der Waals surface area (Å²) in [5.41, 5.74) is 21.2. The Morgan fingerprint density at radius 3 is 0.967 bits per heavy atom. The van der Waals surface area contributed by atoms with Crippen LogP contribution in [-0.4, -0.2) is 0 Å². The van der Waals surface area contributed by atoms with Crippen molar-refractivity contribution in [2.24, 2.45) is 0 Å². The SMILES string of the molecule is CC(C)(C)c1ccc(-c2c3cccc4c5cc(C(C)(C)C)ccc5c(c34)c3c4ccc5c6ccc7c8c(ccc(c9ccc(c23)c4c95)c86)-c2cc3c(-c4cc(C(C)(C)C)cc(C(C)(C)C)c4)c4ccccc4c(-c4cc(C(C)(C)C)cc(C(C)(C)C)c4)c3cc2-7)cc1. The number of hydrogen-bond donors (Lipinski definition) is 0. The minimum atomic E-state index is -0.0505. The van der Waals surface area contributed by atoms with E-state index in [4.69, 9.17) is 0 Å². The second-order valence-electron chi connectivity index (χ2n) is 34.0. The van der Waals surface area contributed by atoms with Gasteiger partial charge in [-0.2, -0.15) is 0 Å². The Labute approximate surface area is 543 Å². The molecule has 0 N–H and O–H groups in total. The molecule has 0 bridgehead atoms. The van der Waals surface area contributed by atoms with Crippen LogP contribution in [-0.2, 0) is 32.5 Å². The lowest BCUT2D eigenvalue weighted by atomic mass is 9.76. The Morgan fingerprint density at radius 1 is 0.163 bits per heavy atom. The monoisotopic (exact) mass is 1190 g/mol. The van der Waals surface area contributed by atoms with E-state index in [-0.39, 0.29) is 32.5 Å². The van der Waals surface area contributed by atoms with Crippen LogP contribution in [0.25, 0.3) is 174 Å². The number of rotatable bonds is 3. The summed E-state index contributed by atoms with van der Waals surface area (Å²) in [6.45, 7) is 42.4. The average molecular weight is 1190 g/mol. The van der Waals surface area contributed by atoms with Gasteiger partial charge in [0.2, 0.25) is 0 Å². The van der Waals surface area contributed by atoms with Crippen molar-refractivity contribution in [1.82, 2.24) is 0 Å². The van der Waals surface area contributed by atoms with Gasteiger partial charge in [0.05, 0.1) is 0 Å². The normalized spacial score (nSPS) is 13.8. The van der Waals surface area contributed by atoms with Crippen molar-refractivity contribution >= 4 is 118 Å². The Balaban J connectivity index is 0.975. The fraction of sp³-hybridized carbons (Fsp3) is 0.261. The van der Waals surface area contributed by atoms with Gasteiger partial charge < -0.3 is 0 Å². The van der Waals surface area contributed by atoms with Crippen LogP contribution < -0.4 is 0 Å². The van der Waals surface area contributed by atoms with Crippen LogP contribution in [0.4, 0.5) is 0 Å². The molecule has 0 amide bonds. The summed E-state index contributed by atoms with van der Waals surface area (Å²) >= 11 is 0. The van der Waals surface area contributed by atoms with Crippen molar-refractivity contribution in [1.29, 1.82) is 0 Å². The smallest absolute Gasteiger partial charge is 0.000696 e. The maximum absolute atomic E-state index is 2.62. The molecule has 0 nitrogen and oxygen atoms in total. The van der Waals surface area contributed by atoms with Crippen LogP contribution in [0, 0.1) is 0 Å². The van der Waals surface area contributed by atoms with Gasteiger partial charge in [-0.3, -0.25) is 0 Å². The Morgan fingerprint density at radius 2 is 0.500 bits per heavy atom. The van der Waals surface area contributed by atoms with E-state index in [9.17, 15) is 0 Å². The maximum atomic E-state index is 2.62. The molecule has 0 spiro atoms. The molecule has 16 aromatic rings. The predicted molar refractivity (Wildman–Crippen MR) is 406 cm³/mol. The van der Waals surface area contributed by atoms with Crippen LogP contribution >= 0.6 is 0 Å². The second-order valence-corrected chi connectivity index (χ2v) is 34.0. The van der Waals surface area contributed by atoms with Crippen molar-refractivity contribution in [3.8, 4) is 55.6 Å². The molecule has 1 aliphatic rings. The summed E-state index contributed by atoms with van der Waals surface area (Å²) in [6, 6.07) is 73.6. The van der Waals surface area contributed by atoms with Crippen LogP contribution in [0.3, 0.4) is 0 Å². The summed E-state index contributed by atoms with van der Waals surface area (Å²) in [5, 5.41) is 29.6. The molecule has 0 heterocycles. The first-order valence-corrected chi connectivity index (χ1v) is 33.9. The first kappa shape index (κ1) is 57.1. The third-order valence-corrected chi connectivity index (χ3v) is 21.9. The fourth-order valence-electron chi connectivity index (χ4n) is 16.8. The molecular formula is C92H84. The van der Waals surface area contributed by atoms with Crippen LogP contribution in [0.1, 0.15) is 158 Å². The van der Waals surface area contributed by atoms with Crippen molar-refractivity contribution in [2.75, 3.05) is 0 Å². The Hall–Kier alpha value is -8.84. The summed E-state index contributed by atoms with van der Waals surface area (Å²) in [4.78, 5) is 0. The summed E-state index contributed by atoms with van der Waals surface area (Å²) in [5.74, 6) is 0. The topological polar surface area (TPSA) is 0 Å². The number of fused-ring (bicyclic) bond motifs is 14. The fourth-order valence-corrected chi connectivity index (χ4v) is 16.8. The Bertz CT molecular complexity index is 5610. The molecule has 0 aliphatic heterocycles. The van der Waals surface area contributed by atoms with Gasteiger partial charge in [-0.15, -0.1) is 0 Å². The van der Waals surface area contributed by atoms with Crippen LogP contribution in [0.5, 0.6) is 0 Å². The van der Waals surface area contributed by atoms with Crippen molar-refractivity contribution in [3.63, 3.8) is 0 Å². The van der Waals surface area contributed by atoms with Crippen molar-refractivity contribution in [3.05, 3.63) is 215 Å². The highest BCUT2D eigenvalue weighted by Crippen LogP contribution is 2.59. The van der Waals surface area contributed by atoms with E-state index in [1.165, 1.54) is 208 Å². The quantitative estimate of drug-likeness (QED) is 0.122. The van der Waals surface area contributed by atoms with Gasteiger partial charge in [0.1, 0.15) is 0 Å². The summed E-state index contributed by atoms with van der Waals surface area (Å²) < 4.78 is 0. The van der Waals surface area contributed by atoms with E-state index < -0.39 is 0 Å². The van der Waals surface area contributed by atoms with Gasteiger partial charge in [0.15, 0.2) is 0 Å². The average Bonchev–Trinajstić information content (AvgIpc) is 1.48. The molecule has 0 atom stereocenters. The number of hydrogen-bond acceptors (Lipinski definition) is 0. The standard InChI is InChI=1S/C92H84/c1-87(2,3)52-28-26-49(27-29-52)78-68-25-21-24-60-71-46-53(88(4,5)6)30-31-67(71)84(82(60)68)86-70-39-37-64-62-33-35-66-73-48-75-74(47-72(73)65-34-32-61(79(62)81(65)66)63-36-38-69(85(78)86)83(70)80(63)64)76(50-40-54(89(7,8)9)44-55(41-50)90(10,11)12)58-22-19-20-23-59(58)77(75)51-42-56(91(13,14)15)45-57(43-51)92(16,17)18/h19-48H,1-18H3. The first-order valence-electron chi connectivity index (χ1n) is 33.9. The van der Waals surface area contributed by atoms with E-state index in [1.54, 1.807) is 0 Å². The van der Waals surface area contributed by atoms with Crippen LogP contribution in [0.15, 0.2) is 182 Å². The molecular weight excluding hydrogens is 1110 g/mol. The van der Waals surface area contributed by atoms with E-state index in [0.717, 1.165) is 0 Å². The lowest BCUT2D eigenvalue weighted by Gasteiger charge is -2.28. The van der Waals surface area contributed by atoms with Crippen molar-refractivity contribution in [2.45, 2.75) is 157 Å². The van der Waals surface area contributed by atoms with Gasteiger partial charge in [-0.25, -0.2) is 0 Å². The van der Waals surface area contributed by atoms with Gasteiger partial charge in [0.25, 0.3) is 0 Å². The molecule has 1 aliphatic carbocycles. The molecule has 0 radical (unpaired) electrons.